The van der Waals surface area contributed by atoms with E-state index in [9.17, 15) is 4.79 Å². The van der Waals surface area contributed by atoms with Crippen LogP contribution in [-0.2, 0) is 6.42 Å². The molecule has 2 heterocycles. The van der Waals surface area contributed by atoms with E-state index < -0.39 is 5.91 Å². The maximum absolute atomic E-state index is 11.5. The molecule has 2 N–H and O–H groups in total. The van der Waals surface area contributed by atoms with Gasteiger partial charge in [-0.2, -0.15) is 0 Å². The molecule has 6 nitrogen and oxygen atoms in total. The zero-order chi connectivity index (χ0) is 18.8. The van der Waals surface area contributed by atoms with E-state index in [1.165, 1.54) is 11.3 Å². The molecule has 2 aromatic heterocycles. The van der Waals surface area contributed by atoms with Crippen molar-refractivity contribution < 1.29 is 13.9 Å². The van der Waals surface area contributed by atoms with Gasteiger partial charge in [-0.3, -0.25) is 4.79 Å². The maximum Gasteiger partial charge on any atom is 0.248 e. The van der Waals surface area contributed by atoms with Crippen LogP contribution in [0.3, 0.4) is 0 Å². The smallest absolute Gasteiger partial charge is 0.248 e. The van der Waals surface area contributed by atoms with E-state index in [1.54, 1.807) is 18.2 Å². The second-order valence-electron chi connectivity index (χ2n) is 6.30. The van der Waals surface area contributed by atoms with Crippen LogP contribution in [0, 0.1) is 13.8 Å². The number of rotatable bonds is 6. The molecule has 1 amide bonds. The molecule has 3 aromatic rings. The molecule has 0 radical (unpaired) electrons. The Morgan fingerprint density at radius 1 is 1.31 bits per heavy atom. The van der Waals surface area contributed by atoms with E-state index in [4.69, 9.17) is 14.9 Å². The molecule has 1 aromatic carbocycles. The molecule has 0 unspecified atom stereocenters. The standard InChI is InChI=1S/C19H21N3O3S/c1-10(2)24-16-6-5-13(19(20)23)7-14(16)8-17-22-15(9-26-17)18-11(3)21-12(4)25-18/h5-7,9-10H,8H2,1-4H3,(H2,20,23). The molecule has 0 spiro atoms. The number of aryl methyl sites for hydroxylation is 2. The third-order valence-corrected chi connectivity index (χ3v) is 4.59. The molecule has 136 valence electrons. The minimum Gasteiger partial charge on any atom is -0.491 e. The van der Waals surface area contributed by atoms with Crippen LogP contribution in [-0.4, -0.2) is 22.0 Å². The number of oxazole rings is 1. The van der Waals surface area contributed by atoms with Gasteiger partial charge in [-0.05, 0) is 39.0 Å². The number of nitrogens with zero attached hydrogens (tertiary/aromatic N) is 2. The number of ether oxygens (including phenoxy) is 1. The van der Waals surface area contributed by atoms with E-state index >= 15 is 0 Å². The van der Waals surface area contributed by atoms with Gasteiger partial charge >= 0.3 is 0 Å². The third-order valence-electron chi connectivity index (χ3n) is 3.74. The van der Waals surface area contributed by atoms with Crippen molar-refractivity contribution in [1.82, 2.24) is 9.97 Å². The first-order valence-electron chi connectivity index (χ1n) is 8.31. The fourth-order valence-electron chi connectivity index (χ4n) is 2.67. The number of thiazole rings is 1. The molecule has 0 saturated heterocycles. The average Bonchev–Trinajstić information content (AvgIpc) is 3.14. The Morgan fingerprint density at radius 3 is 2.69 bits per heavy atom. The molecule has 0 fully saturated rings. The molecule has 3 rings (SSSR count). The van der Waals surface area contributed by atoms with Gasteiger partial charge in [-0.15, -0.1) is 11.3 Å². The minimum atomic E-state index is -0.463. The second kappa shape index (κ2) is 7.29. The lowest BCUT2D eigenvalue weighted by Crippen LogP contribution is -2.13. The van der Waals surface area contributed by atoms with Crippen molar-refractivity contribution in [3.63, 3.8) is 0 Å². The zero-order valence-electron chi connectivity index (χ0n) is 15.2. The van der Waals surface area contributed by atoms with Crippen molar-refractivity contribution in [2.75, 3.05) is 0 Å². The van der Waals surface area contributed by atoms with Crippen molar-refractivity contribution in [2.24, 2.45) is 5.73 Å². The van der Waals surface area contributed by atoms with Crippen molar-refractivity contribution in [2.45, 2.75) is 40.2 Å². The molecule has 0 aliphatic rings. The Hall–Kier alpha value is -2.67. The first-order valence-corrected chi connectivity index (χ1v) is 9.19. The summed E-state index contributed by atoms with van der Waals surface area (Å²) < 4.78 is 11.5. The van der Waals surface area contributed by atoms with Crippen LogP contribution in [0.15, 0.2) is 28.0 Å². The summed E-state index contributed by atoms with van der Waals surface area (Å²) in [4.78, 5) is 20.5. The second-order valence-corrected chi connectivity index (χ2v) is 7.25. The van der Waals surface area contributed by atoms with Crippen molar-refractivity contribution in [3.05, 3.63) is 51.3 Å². The first kappa shape index (κ1) is 18.1. The number of benzene rings is 1. The molecule has 0 aliphatic heterocycles. The average molecular weight is 371 g/mol. The molecule has 7 heteroatoms. The highest BCUT2D eigenvalue weighted by Gasteiger charge is 2.16. The highest BCUT2D eigenvalue weighted by molar-refractivity contribution is 7.10. The quantitative estimate of drug-likeness (QED) is 0.710. The van der Waals surface area contributed by atoms with E-state index in [1.807, 2.05) is 33.1 Å². The SMILES string of the molecule is Cc1nc(C)c(-c2csc(Cc3cc(C(N)=O)ccc3OC(C)C)n2)o1. The normalized spacial score (nSPS) is 11.1. The van der Waals surface area contributed by atoms with Gasteiger partial charge in [0, 0.05) is 29.9 Å². The zero-order valence-corrected chi connectivity index (χ0v) is 16.0. The predicted molar refractivity (Wildman–Crippen MR) is 101 cm³/mol. The molecule has 0 saturated carbocycles. The highest BCUT2D eigenvalue weighted by atomic mass is 32.1. The van der Waals surface area contributed by atoms with Crippen LogP contribution in [0.25, 0.3) is 11.5 Å². The van der Waals surface area contributed by atoms with Crippen LogP contribution in [0.2, 0.25) is 0 Å². The fourth-order valence-corrected chi connectivity index (χ4v) is 3.47. The van der Waals surface area contributed by atoms with Crippen molar-refractivity contribution in [1.29, 1.82) is 0 Å². The van der Waals surface area contributed by atoms with Crippen LogP contribution in [0.1, 0.15) is 46.4 Å². The molecular formula is C19H21N3O3S. The Bertz CT molecular complexity index is 943. The first-order chi connectivity index (χ1) is 12.3. The van der Waals surface area contributed by atoms with Crippen LogP contribution < -0.4 is 10.5 Å². The van der Waals surface area contributed by atoms with Gasteiger partial charge in [0.15, 0.2) is 11.7 Å². The molecule has 0 aliphatic carbocycles. The number of carbonyl (C=O) groups excluding carboxylic acids is 1. The lowest BCUT2D eigenvalue weighted by atomic mass is 10.1. The molecular weight excluding hydrogens is 350 g/mol. The fraction of sp³-hybridized carbons (Fsp3) is 0.316. The summed E-state index contributed by atoms with van der Waals surface area (Å²) >= 11 is 1.53. The summed E-state index contributed by atoms with van der Waals surface area (Å²) in [6.45, 7) is 7.63. The summed E-state index contributed by atoms with van der Waals surface area (Å²) in [6.07, 6.45) is 0.569. The summed E-state index contributed by atoms with van der Waals surface area (Å²) in [5.74, 6) is 1.58. The van der Waals surface area contributed by atoms with Crippen LogP contribution in [0.4, 0.5) is 0 Å². The topological polar surface area (TPSA) is 91.2 Å². The Morgan fingerprint density at radius 2 is 2.08 bits per heavy atom. The number of hydrogen-bond acceptors (Lipinski definition) is 6. The van der Waals surface area contributed by atoms with Gasteiger partial charge in [0.2, 0.25) is 5.91 Å². The maximum atomic E-state index is 11.5. The van der Waals surface area contributed by atoms with Crippen molar-refractivity contribution in [3.8, 4) is 17.2 Å². The van der Waals surface area contributed by atoms with Gasteiger partial charge in [-0.1, -0.05) is 0 Å². The number of amides is 1. The Labute approximate surface area is 156 Å². The summed E-state index contributed by atoms with van der Waals surface area (Å²) in [5.41, 5.74) is 8.33. The number of aromatic nitrogens is 2. The predicted octanol–water partition coefficient (Wildman–Crippen LogP) is 3.89. The lowest BCUT2D eigenvalue weighted by molar-refractivity contribution is 0.1000. The third kappa shape index (κ3) is 3.94. The van der Waals surface area contributed by atoms with Gasteiger partial charge in [0.1, 0.15) is 11.4 Å². The lowest BCUT2D eigenvalue weighted by Gasteiger charge is -2.14. The van der Waals surface area contributed by atoms with Crippen molar-refractivity contribution >= 4 is 17.2 Å². The number of primary amides is 1. The van der Waals surface area contributed by atoms with Gasteiger partial charge in [-0.25, -0.2) is 9.97 Å². The molecule has 26 heavy (non-hydrogen) atoms. The summed E-state index contributed by atoms with van der Waals surface area (Å²) in [5, 5.41) is 2.84. The molecule has 0 atom stereocenters. The van der Waals surface area contributed by atoms with Gasteiger partial charge < -0.3 is 14.9 Å². The van der Waals surface area contributed by atoms with Gasteiger partial charge in [0.25, 0.3) is 0 Å². The number of hydrogen-bond donors (Lipinski definition) is 1. The number of nitrogens with two attached hydrogens (primary N) is 1. The van der Waals surface area contributed by atoms with E-state index in [0.717, 1.165) is 27.7 Å². The molecule has 0 bridgehead atoms. The van der Waals surface area contributed by atoms with E-state index in [2.05, 4.69) is 9.97 Å². The highest BCUT2D eigenvalue weighted by Crippen LogP contribution is 2.29. The summed E-state index contributed by atoms with van der Waals surface area (Å²) in [7, 11) is 0. The van der Waals surface area contributed by atoms with E-state index in [0.29, 0.717) is 23.6 Å². The Balaban J connectivity index is 1.91. The van der Waals surface area contributed by atoms with Gasteiger partial charge in [0.05, 0.1) is 16.8 Å². The summed E-state index contributed by atoms with van der Waals surface area (Å²) in [6, 6.07) is 5.23. The van der Waals surface area contributed by atoms with Crippen LogP contribution >= 0.6 is 11.3 Å². The van der Waals surface area contributed by atoms with Crippen LogP contribution in [0.5, 0.6) is 5.75 Å². The largest absolute Gasteiger partial charge is 0.491 e. The number of carbonyl (C=O) groups is 1. The monoisotopic (exact) mass is 371 g/mol. The van der Waals surface area contributed by atoms with E-state index in [-0.39, 0.29) is 6.10 Å². The minimum absolute atomic E-state index is 0.0276. The Kier molecular flexibility index (Phi) is 5.08.